The summed E-state index contributed by atoms with van der Waals surface area (Å²) in [5.41, 5.74) is 0.569. The van der Waals surface area contributed by atoms with E-state index in [1.165, 1.54) is 5.56 Å². The van der Waals surface area contributed by atoms with E-state index >= 15 is 0 Å². The summed E-state index contributed by atoms with van der Waals surface area (Å²) in [4.78, 5) is 49.3. The predicted octanol–water partition coefficient (Wildman–Crippen LogP) is 5.23. The largest absolute Gasteiger partial charge is 0.359 e. The maximum absolute atomic E-state index is 14.5. The number of rotatable bonds is 10. The van der Waals surface area contributed by atoms with Gasteiger partial charge in [0.05, 0.1) is 17.9 Å². The molecule has 3 amide bonds. The molecule has 2 aromatic carbocycles. The van der Waals surface area contributed by atoms with E-state index in [1.807, 2.05) is 18.2 Å². The van der Waals surface area contributed by atoms with Crippen molar-refractivity contribution in [3.8, 4) is 0 Å². The minimum Gasteiger partial charge on any atom is -0.359 e. The third kappa shape index (κ3) is 6.89. The fraction of sp³-hybridized carbons (Fsp3) is 0.553. The van der Waals surface area contributed by atoms with Crippen molar-refractivity contribution in [2.24, 2.45) is 23.7 Å². The molecule has 0 radical (unpaired) electrons. The van der Waals surface area contributed by atoms with Gasteiger partial charge in [0.2, 0.25) is 17.7 Å². The molecule has 3 saturated heterocycles. The Kier molecular flexibility index (Phi) is 10.1. The molecule has 8 atom stereocenters. The molecule has 1 spiro atoms. The third-order valence-corrected chi connectivity index (χ3v) is 12.1. The first-order valence-electron chi connectivity index (χ1n) is 17.9. The third-order valence-electron chi connectivity index (χ3n) is 11.7. The molecule has 4 aliphatic heterocycles. The van der Waals surface area contributed by atoms with Crippen LogP contribution in [0.1, 0.15) is 45.1 Å². The van der Waals surface area contributed by atoms with Crippen molar-refractivity contribution in [3.05, 3.63) is 76.3 Å². The summed E-state index contributed by atoms with van der Waals surface area (Å²) >= 11 is 12.4. The maximum Gasteiger partial charge on any atom is 0.246 e. The average Bonchev–Trinajstić information content (AvgIpc) is 3.71. The molecular weight excluding hydrogens is 661 g/mol. The Hall–Kier alpha value is -2.95. The minimum absolute atomic E-state index is 0.0325. The van der Waals surface area contributed by atoms with Gasteiger partial charge < -0.3 is 25.2 Å². The molecule has 1 saturated carbocycles. The molecule has 7 rings (SSSR count). The van der Waals surface area contributed by atoms with Crippen LogP contribution in [0.4, 0.5) is 5.69 Å². The second-order valence-corrected chi connectivity index (χ2v) is 15.6. The Labute approximate surface area is 299 Å². The van der Waals surface area contributed by atoms with Crippen LogP contribution < -0.4 is 10.6 Å². The quantitative estimate of drug-likeness (QED) is 0.329. The molecule has 262 valence electrons. The predicted molar refractivity (Wildman–Crippen MR) is 191 cm³/mol. The molecule has 5 aliphatic rings. The SMILES string of the molecule is C[C@@H]1[C@H](C)CCC[C@@H]1NC(=O)[C@@H]1N(CCCN2CCN(Cc3ccccc3)CC2)C(=O)[C@H]2[C@H](C(=O)Nc3cc(Cl)cc(Cl)c3)[C@H]3C=C[C@@]12O3. The number of carbonyl (C=O) groups excluding carboxylic acids is 3. The molecule has 49 heavy (non-hydrogen) atoms. The summed E-state index contributed by atoms with van der Waals surface area (Å²) in [5.74, 6) is -1.50. The Bertz CT molecular complexity index is 1560. The van der Waals surface area contributed by atoms with Crippen LogP contribution >= 0.6 is 23.2 Å². The van der Waals surface area contributed by atoms with E-state index in [9.17, 15) is 14.4 Å². The number of carbonyl (C=O) groups is 3. The molecule has 2 bridgehead atoms. The number of hydrogen-bond acceptors (Lipinski definition) is 6. The maximum atomic E-state index is 14.5. The van der Waals surface area contributed by atoms with E-state index in [4.69, 9.17) is 27.9 Å². The fourth-order valence-electron chi connectivity index (χ4n) is 8.88. The standard InChI is InChI=1S/C38H47Cl2N5O4/c1-24-8-6-11-30(25(24)2)42-36(47)34-38-13-12-31(49-38)32(35(46)41-29-21-27(39)20-28(40)22-29)33(38)37(48)45(34)15-7-14-43-16-18-44(19-17-43)23-26-9-4-3-5-10-26/h3-5,9-10,12-13,20-22,24-25,30-34H,6-8,11,14-19,23H2,1-2H3,(H,41,46)(H,42,47)/t24-,25-,30+,31-,32-,33-,34+,38+/m1/s1. The molecule has 11 heteroatoms. The highest BCUT2D eigenvalue weighted by Crippen LogP contribution is 2.55. The van der Waals surface area contributed by atoms with E-state index in [-0.39, 0.29) is 23.8 Å². The normalized spacial score (nSPS) is 32.8. The first kappa shape index (κ1) is 34.5. The van der Waals surface area contributed by atoms with Gasteiger partial charge in [-0.3, -0.25) is 19.3 Å². The molecule has 4 fully saturated rings. The zero-order valence-electron chi connectivity index (χ0n) is 28.3. The van der Waals surface area contributed by atoms with Crippen LogP contribution in [0.5, 0.6) is 0 Å². The molecule has 2 N–H and O–H groups in total. The average molecular weight is 709 g/mol. The lowest BCUT2D eigenvalue weighted by Gasteiger charge is -2.38. The van der Waals surface area contributed by atoms with E-state index in [2.05, 4.69) is 58.5 Å². The number of amides is 3. The van der Waals surface area contributed by atoms with Crippen molar-refractivity contribution < 1.29 is 19.1 Å². The topological polar surface area (TPSA) is 94.2 Å². The molecule has 9 nitrogen and oxygen atoms in total. The highest BCUT2D eigenvalue weighted by Gasteiger charge is 2.72. The molecular formula is C38H47Cl2N5O4. The van der Waals surface area contributed by atoms with Gasteiger partial charge >= 0.3 is 0 Å². The zero-order valence-corrected chi connectivity index (χ0v) is 29.8. The van der Waals surface area contributed by atoms with E-state index < -0.39 is 29.6 Å². The van der Waals surface area contributed by atoms with Gasteiger partial charge in [0.25, 0.3) is 0 Å². The highest BCUT2D eigenvalue weighted by atomic mass is 35.5. The lowest BCUT2D eigenvalue weighted by molar-refractivity contribution is -0.141. The Morgan fingerprint density at radius 3 is 2.39 bits per heavy atom. The Balaban J connectivity index is 1.06. The first-order chi connectivity index (χ1) is 23.6. The number of nitrogens with zero attached hydrogens (tertiary/aromatic N) is 3. The van der Waals surface area contributed by atoms with Crippen molar-refractivity contribution in [3.63, 3.8) is 0 Å². The van der Waals surface area contributed by atoms with Gasteiger partial charge in [-0.05, 0) is 55.0 Å². The number of nitrogens with one attached hydrogen (secondary N) is 2. The van der Waals surface area contributed by atoms with Gasteiger partial charge in [-0.25, -0.2) is 0 Å². The van der Waals surface area contributed by atoms with E-state index in [0.717, 1.165) is 65.0 Å². The second kappa shape index (κ2) is 14.3. The van der Waals surface area contributed by atoms with E-state index in [0.29, 0.717) is 34.1 Å². The molecule has 0 unspecified atom stereocenters. The number of likely N-dealkylation sites (tertiary alicyclic amines) is 1. The van der Waals surface area contributed by atoms with Gasteiger partial charge in [-0.15, -0.1) is 0 Å². The van der Waals surface area contributed by atoms with Gasteiger partial charge in [0.1, 0.15) is 11.6 Å². The summed E-state index contributed by atoms with van der Waals surface area (Å²) < 4.78 is 6.57. The van der Waals surface area contributed by atoms with Gasteiger partial charge in [-0.2, -0.15) is 0 Å². The lowest BCUT2D eigenvalue weighted by Crippen LogP contribution is -2.58. The number of fused-ring (bicyclic) bond motifs is 1. The number of anilines is 1. The number of benzene rings is 2. The monoisotopic (exact) mass is 707 g/mol. The molecule has 2 aromatic rings. The zero-order chi connectivity index (χ0) is 34.3. The Morgan fingerprint density at radius 1 is 0.939 bits per heavy atom. The number of piperazine rings is 1. The number of hydrogen-bond donors (Lipinski definition) is 2. The Morgan fingerprint density at radius 2 is 1.65 bits per heavy atom. The van der Waals surface area contributed by atoms with Crippen LogP contribution in [0.25, 0.3) is 0 Å². The smallest absolute Gasteiger partial charge is 0.246 e. The van der Waals surface area contributed by atoms with Crippen LogP contribution in [-0.2, 0) is 25.7 Å². The van der Waals surface area contributed by atoms with Crippen LogP contribution in [-0.4, -0.2) is 95.5 Å². The molecule has 1 aliphatic carbocycles. The lowest BCUT2D eigenvalue weighted by atomic mass is 9.73. The summed E-state index contributed by atoms with van der Waals surface area (Å²) in [5, 5.41) is 7.06. The van der Waals surface area contributed by atoms with Crippen LogP contribution in [0.3, 0.4) is 0 Å². The van der Waals surface area contributed by atoms with Crippen molar-refractivity contribution in [2.75, 3.05) is 44.6 Å². The van der Waals surface area contributed by atoms with Gasteiger partial charge in [0, 0.05) is 61.0 Å². The van der Waals surface area contributed by atoms with Crippen molar-refractivity contribution in [1.29, 1.82) is 0 Å². The number of ether oxygens (including phenoxy) is 1. The van der Waals surface area contributed by atoms with Gasteiger partial charge in [0.15, 0.2) is 0 Å². The summed E-state index contributed by atoms with van der Waals surface area (Å²) in [6, 6.07) is 14.6. The molecule has 0 aromatic heterocycles. The summed E-state index contributed by atoms with van der Waals surface area (Å²) in [6.45, 7) is 10.5. The summed E-state index contributed by atoms with van der Waals surface area (Å²) in [7, 11) is 0. The van der Waals surface area contributed by atoms with Crippen LogP contribution in [0, 0.1) is 23.7 Å². The first-order valence-corrected chi connectivity index (χ1v) is 18.6. The number of halogens is 2. The van der Waals surface area contributed by atoms with Crippen molar-refractivity contribution in [2.45, 2.75) is 69.9 Å². The van der Waals surface area contributed by atoms with Crippen LogP contribution in [0.15, 0.2) is 60.7 Å². The highest BCUT2D eigenvalue weighted by molar-refractivity contribution is 6.35. The van der Waals surface area contributed by atoms with Gasteiger partial charge in [-0.1, -0.05) is 92.4 Å². The fourth-order valence-corrected chi connectivity index (χ4v) is 9.41. The van der Waals surface area contributed by atoms with Crippen molar-refractivity contribution >= 4 is 46.6 Å². The van der Waals surface area contributed by atoms with Crippen LogP contribution in [0.2, 0.25) is 10.0 Å². The molecule has 4 heterocycles. The second-order valence-electron chi connectivity index (χ2n) is 14.7. The minimum atomic E-state index is -1.20. The summed E-state index contributed by atoms with van der Waals surface area (Å²) in [6.07, 6.45) is 6.96. The van der Waals surface area contributed by atoms with Crippen molar-refractivity contribution in [1.82, 2.24) is 20.0 Å². The van der Waals surface area contributed by atoms with E-state index in [1.54, 1.807) is 23.1 Å².